The van der Waals surface area contributed by atoms with Crippen LogP contribution in [-0.2, 0) is 17.9 Å². The van der Waals surface area contributed by atoms with Crippen molar-refractivity contribution in [2.45, 2.75) is 33.4 Å². The highest BCUT2D eigenvalue weighted by atomic mass is 35.5. The smallest absolute Gasteiger partial charge is 0.224 e. The van der Waals surface area contributed by atoms with Crippen LogP contribution < -0.4 is 14.2 Å². The molecule has 1 aliphatic heterocycles. The topological polar surface area (TPSA) is 65.8 Å². The number of aryl methyl sites for hydroxylation is 3. The van der Waals surface area contributed by atoms with Gasteiger partial charge in [-0.05, 0) is 55.8 Å². The highest BCUT2D eigenvalue weighted by molar-refractivity contribution is 6.31. The molecule has 8 heteroatoms. The fraction of sp³-hybridized carbons (Fsp3) is 0.360. The van der Waals surface area contributed by atoms with Gasteiger partial charge in [0, 0.05) is 41.4 Å². The average molecular weight is 470 g/mol. The van der Waals surface area contributed by atoms with Crippen molar-refractivity contribution in [1.29, 1.82) is 0 Å². The number of rotatable bonds is 6. The Morgan fingerprint density at radius 3 is 2.61 bits per heavy atom. The van der Waals surface area contributed by atoms with E-state index in [0.29, 0.717) is 54.9 Å². The van der Waals surface area contributed by atoms with Gasteiger partial charge in [0.05, 0.1) is 26.5 Å². The van der Waals surface area contributed by atoms with E-state index in [0.717, 1.165) is 28.1 Å². The number of benzene rings is 2. The van der Waals surface area contributed by atoms with Gasteiger partial charge >= 0.3 is 0 Å². The lowest BCUT2D eigenvalue weighted by atomic mass is 10.00. The summed E-state index contributed by atoms with van der Waals surface area (Å²) in [4.78, 5) is 14.9. The maximum atomic E-state index is 13.1. The molecule has 1 aromatic heterocycles. The fourth-order valence-electron chi connectivity index (χ4n) is 4.17. The summed E-state index contributed by atoms with van der Waals surface area (Å²) in [5.41, 5.74) is 4.61. The van der Waals surface area contributed by atoms with E-state index in [1.807, 2.05) is 53.8 Å². The Morgan fingerprint density at radius 2 is 1.91 bits per heavy atom. The lowest BCUT2D eigenvalue weighted by Gasteiger charge is -2.21. The fourth-order valence-corrected chi connectivity index (χ4v) is 4.34. The molecule has 174 valence electrons. The molecule has 2 heterocycles. The monoisotopic (exact) mass is 469 g/mol. The molecule has 33 heavy (non-hydrogen) atoms. The van der Waals surface area contributed by atoms with Crippen LogP contribution in [0, 0.1) is 13.8 Å². The third kappa shape index (κ3) is 4.93. The van der Waals surface area contributed by atoms with Crippen LogP contribution in [0.4, 0.5) is 0 Å². The first-order valence-corrected chi connectivity index (χ1v) is 11.2. The number of carbonyl (C=O) groups is 1. The molecule has 3 aromatic rings. The summed E-state index contributed by atoms with van der Waals surface area (Å²) < 4.78 is 19.1. The Balaban J connectivity index is 1.61. The zero-order valence-electron chi connectivity index (χ0n) is 19.4. The van der Waals surface area contributed by atoms with E-state index >= 15 is 0 Å². The minimum Gasteiger partial charge on any atom is -0.496 e. The molecular formula is C25H28ClN3O4. The van der Waals surface area contributed by atoms with Crippen molar-refractivity contribution in [3.8, 4) is 28.4 Å². The Kier molecular flexibility index (Phi) is 6.79. The van der Waals surface area contributed by atoms with Gasteiger partial charge in [-0.25, -0.2) is 0 Å². The number of hydrogen-bond donors (Lipinski definition) is 0. The minimum atomic E-state index is 0.0590. The number of nitrogens with zero attached hydrogens (tertiary/aromatic N) is 3. The van der Waals surface area contributed by atoms with Crippen LogP contribution in [0.2, 0.25) is 5.02 Å². The summed E-state index contributed by atoms with van der Waals surface area (Å²) in [7, 11) is 3.24. The molecule has 0 N–H and O–H groups in total. The number of ether oxygens (including phenoxy) is 3. The number of hydrogen-bond acceptors (Lipinski definition) is 5. The van der Waals surface area contributed by atoms with Crippen LogP contribution in [-0.4, -0.2) is 48.0 Å². The molecular weight excluding hydrogens is 442 g/mol. The van der Waals surface area contributed by atoms with E-state index < -0.39 is 0 Å². The highest BCUT2D eigenvalue weighted by Crippen LogP contribution is 2.41. The Labute approximate surface area is 198 Å². The number of halogens is 1. The molecule has 0 atom stereocenters. The average Bonchev–Trinajstić information content (AvgIpc) is 2.99. The molecule has 4 rings (SSSR count). The van der Waals surface area contributed by atoms with Crippen LogP contribution in [0.3, 0.4) is 0 Å². The van der Waals surface area contributed by atoms with Gasteiger partial charge in [0.25, 0.3) is 0 Å². The quantitative estimate of drug-likeness (QED) is 0.525. The van der Waals surface area contributed by atoms with Gasteiger partial charge in [0.1, 0.15) is 12.4 Å². The van der Waals surface area contributed by atoms with Crippen molar-refractivity contribution in [1.82, 2.24) is 14.7 Å². The van der Waals surface area contributed by atoms with Gasteiger partial charge in [0.2, 0.25) is 5.91 Å². The lowest BCUT2D eigenvalue weighted by molar-refractivity contribution is -0.132. The maximum absolute atomic E-state index is 13.1. The zero-order chi connectivity index (χ0) is 23.5. The molecule has 2 aromatic carbocycles. The number of methoxy groups -OCH3 is 2. The van der Waals surface area contributed by atoms with Crippen molar-refractivity contribution < 1.29 is 19.0 Å². The number of carbonyl (C=O) groups excluding carboxylic acids is 1. The molecule has 0 radical (unpaired) electrons. The lowest BCUT2D eigenvalue weighted by Crippen LogP contribution is -2.33. The maximum Gasteiger partial charge on any atom is 0.224 e. The van der Waals surface area contributed by atoms with Gasteiger partial charge in [-0.3, -0.25) is 9.48 Å². The van der Waals surface area contributed by atoms with Crippen molar-refractivity contribution in [2.24, 2.45) is 0 Å². The summed E-state index contributed by atoms with van der Waals surface area (Å²) in [5.74, 6) is 2.04. The first-order chi connectivity index (χ1) is 15.9. The predicted molar refractivity (Wildman–Crippen MR) is 127 cm³/mol. The van der Waals surface area contributed by atoms with Crippen molar-refractivity contribution in [2.75, 3.05) is 27.4 Å². The molecule has 7 nitrogen and oxygen atoms in total. The summed E-state index contributed by atoms with van der Waals surface area (Å²) in [6.45, 7) is 5.83. The van der Waals surface area contributed by atoms with Gasteiger partial charge in [-0.1, -0.05) is 11.6 Å². The van der Waals surface area contributed by atoms with Crippen LogP contribution in [0.15, 0.2) is 36.4 Å². The van der Waals surface area contributed by atoms with E-state index in [9.17, 15) is 4.79 Å². The van der Waals surface area contributed by atoms with Gasteiger partial charge < -0.3 is 19.1 Å². The Bertz CT molecular complexity index is 1170. The van der Waals surface area contributed by atoms with E-state index in [1.54, 1.807) is 20.3 Å². The van der Waals surface area contributed by atoms with Gasteiger partial charge in [-0.2, -0.15) is 5.10 Å². The number of aromatic nitrogens is 2. The summed E-state index contributed by atoms with van der Waals surface area (Å²) in [6, 6.07) is 11.4. The van der Waals surface area contributed by atoms with Crippen LogP contribution in [0.5, 0.6) is 17.2 Å². The second-order valence-electron chi connectivity index (χ2n) is 8.08. The normalized spacial score (nSPS) is 13.2. The van der Waals surface area contributed by atoms with Gasteiger partial charge in [-0.15, -0.1) is 0 Å². The molecule has 0 saturated heterocycles. The number of amides is 1. The summed E-state index contributed by atoms with van der Waals surface area (Å²) in [5, 5.41) is 5.06. The Morgan fingerprint density at radius 1 is 1.12 bits per heavy atom. The first-order valence-electron chi connectivity index (χ1n) is 10.9. The van der Waals surface area contributed by atoms with Crippen LogP contribution in [0.25, 0.3) is 11.1 Å². The molecule has 0 aliphatic carbocycles. The first kappa shape index (κ1) is 23.0. The third-order valence-corrected chi connectivity index (χ3v) is 6.02. The Hall–Kier alpha value is -3.19. The second kappa shape index (κ2) is 9.75. The number of fused-ring (bicyclic) bond motifs is 1. The molecule has 0 bridgehead atoms. The van der Waals surface area contributed by atoms with Crippen molar-refractivity contribution in [3.63, 3.8) is 0 Å². The predicted octanol–water partition coefficient (Wildman–Crippen LogP) is 4.65. The zero-order valence-corrected chi connectivity index (χ0v) is 20.1. The van der Waals surface area contributed by atoms with E-state index in [-0.39, 0.29) is 5.91 Å². The summed E-state index contributed by atoms with van der Waals surface area (Å²) in [6.07, 6.45) is 0.371. The third-order valence-electron chi connectivity index (χ3n) is 5.79. The van der Waals surface area contributed by atoms with Gasteiger partial charge in [0.15, 0.2) is 11.5 Å². The second-order valence-corrected chi connectivity index (χ2v) is 8.51. The molecule has 0 saturated carbocycles. The van der Waals surface area contributed by atoms with Crippen LogP contribution >= 0.6 is 11.6 Å². The van der Waals surface area contributed by atoms with Crippen molar-refractivity contribution in [3.05, 3.63) is 58.4 Å². The van der Waals surface area contributed by atoms with E-state index in [4.69, 9.17) is 25.8 Å². The van der Waals surface area contributed by atoms with Crippen LogP contribution in [0.1, 0.15) is 23.4 Å². The van der Waals surface area contributed by atoms with E-state index in [1.165, 1.54) is 0 Å². The highest BCUT2D eigenvalue weighted by Gasteiger charge is 2.24. The molecule has 0 spiro atoms. The molecule has 0 fully saturated rings. The SMILES string of the molecule is COc1ccc(Cl)cc1-c1cc2c(c(OC)c1)OCCN(C(=O)CCn1nc(C)cc1C)C2. The molecule has 1 amide bonds. The molecule has 0 unspecified atom stereocenters. The van der Waals surface area contributed by atoms with Crippen molar-refractivity contribution >= 4 is 17.5 Å². The summed E-state index contributed by atoms with van der Waals surface area (Å²) >= 11 is 6.26. The van der Waals surface area contributed by atoms with E-state index in [2.05, 4.69) is 5.10 Å². The largest absolute Gasteiger partial charge is 0.496 e. The standard InChI is InChI=1S/C25H28ClN3O4/c1-16-11-17(2)29(27-16)8-7-24(30)28-9-10-33-25-19(15-28)12-18(13-23(25)32-4)21-14-20(26)5-6-22(21)31-3/h5-6,11-14H,7-10,15H2,1-4H3. The minimum absolute atomic E-state index is 0.0590. The molecule has 1 aliphatic rings.